The minimum absolute atomic E-state index is 0.0569. The lowest BCUT2D eigenvalue weighted by Crippen LogP contribution is -2.53. The third-order valence-electron chi connectivity index (χ3n) is 6.30. The van der Waals surface area contributed by atoms with Gasteiger partial charge >= 0.3 is 0 Å². The molecule has 7 heteroatoms. The van der Waals surface area contributed by atoms with Gasteiger partial charge in [-0.2, -0.15) is 0 Å². The Kier molecular flexibility index (Phi) is 8.16. The van der Waals surface area contributed by atoms with Gasteiger partial charge in [0.15, 0.2) is 0 Å². The van der Waals surface area contributed by atoms with Crippen LogP contribution in [0, 0.1) is 5.92 Å². The molecule has 3 aromatic carbocycles. The van der Waals surface area contributed by atoms with Crippen molar-refractivity contribution < 1.29 is 14.4 Å². The highest BCUT2D eigenvalue weighted by molar-refractivity contribution is 6.30. The van der Waals surface area contributed by atoms with E-state index < -0.39 is 6.04 Å². The summed E-state index contributed by atoms with van der Waals surface area (Å²) >= 11 is 5.94. The molecule has 1 aliphatic heterocycles. The summed E-state index contributed by atoms with van der Waals surface area (Å²) < 4.78 is 0. The largest absolute Gasteiger partial charge is 0.350 e. The zero-order valence-corrected chi connectivity index (χ0v) is 20.1. The number of nitrogens with one attached hydrogen (secondary N) is 2. The number of amides is 3. The lowest BCUT2D eigenvalue weighted by atomic mass is 9.88. The van der Waals surface area contributed by atoms with Crippen molar-refractivity contribution in [2.45, 2.75) is 25.4 Å². The van der Waals surface area contributed by atoms with Gasteiger partial charge < -0.3 is 15.5 Å². The maximum Gasteiger partial charge on any atom is 0.253 e. The second-order valence-corrected chi connectivity index (χ2v) is 9.09. The molecule has 0 radical (unpaired) electrons. The predicted octanol–water partition coefficient (Wildman–Crippen LogP) is 4.31. The Balaban J connectivity index is 1.43. The number of piperidine rings is 1. The Morgan fingerprint density at radius 1 is 0.829 bits per heavy atom. The Hall–Kier alpha value is -3.64. The molecule has 1 atom stereocenters. The number of nitrogens with zero attached hydrogens (tertiary/aromatic N) is 1. The fourth-order valence-electron chi connectivity index (χ4n) is 4.32. The third kappa shape index (κ3) is 6.49. The van der Waals surface area contributed by atoms with Gasteiger partial charge in [-0.3, -0.25) is 14.4 Å². The number of carbonyl (C=O) groups excluding carboxylic acids is 3. The van der Waals surface area contributed by atoms with Crippen LogP contribution in [0.15, 0.2) is 84.9 Å². The maximum atomic E-state index is 13.2. The second-order valence-electron chi connectivity index (χ2n) is 8.66. The molecule has 1 fully saturated rings. The molecule has 6 nitrogen and oxygen atoms in total. The molecule has 2 N–H and O–H groups in total. The molecular formula is C28H28ClN3O3. The van der Waals surface area contributed by atoms with Crippen molar-refractivity contribution in [3.8, 4) is 0 Å². The Morgan fingerprint density at radius 3 is 2.06 bits per heavy atom. The fraction of sp³-hybridized carbons (Fsp3) is 0.250. The number of hydrogen-bond acceptors (Lipinski definition) is 3. The van der Waals surface area contributed by atoms with Crippen molar-refractivity contribution in [2.24, 2.45) is 5.92 Å². The van der Waals surface area contributed by atoms with E-state index in [1.54, 1.807) is 53.4 Å². The number of benzene rings is 3. The number of halogens is 1. The molecule has 0 aromatic heterocycles. The van der Waals surface area contributed by atoms with E-state index in [2.05, 4.69) is 10.6 Å². The average Bonchev–Trinajstić information content (AvgIpc) is 2.91. The Bertz CT molecular complexity index is 1150. The van der Waals surface area contributed by atoms with E-state index in [4.69, 9.17) is 11.6 Å². The molecule has 1 heterocycles. The number of hydrogen-bond donors (Lipinski definition) is 2. The summed E-state index contributed by atoms with van der Waals surface area (Å²) in [6, 6.07) is 24.7. The van der Waals surface area contributed by atoms with Crippen LogP contribution in [0.2, 0.25) is 5.02 Å². The van der Waals surface area contributed by atoms with Crippen molar-refractivity contribution in [3.63, 3.8) is 0 Å². The van der Waals surface area contributed by atoms with Crippen LogP contribution in [0.25, 0.3) is 0 Å². The van der Waals surface area contributed by atoms with Gasteiger partial charge in [-0.15, -0.1) is 0 Å². The summed E-state index contributed by atoms with van der Waals surface area (Å²) in [4.78, 5) is 40.8. The monoisotopic (exact) mass is 489 g/mol. The van der Waals surface area contributed by atoms with E-state index in [9.17, 15) is 14.4 Å². The van der Waals surface area contributed by atoms with Crippen LogP contribution < -0.4 is 10.6 Å². The van der Waals surface area contributed by atoms with Crippen molar-refractivity contribution in [1.29, 1.82) is 0 Å². The van der Waals surface area contributed by atoms with E-state index >= 15 is 0 Å². The summed E-state index contributed by atoms with van der Waals surface area (Å²) in [5.41, 5.74) is 2.07. The smallest absolute Gasteiger partial charge is 0.253 e. The molecule has 3 amide bonds. The van der Waals surface area contributed by atoms with Crippen LogP contribution in [-0.2, 0) is 11.3 Å². The molecule has 0 aliphatic carbocycles. The second kappa shape index (κ2) is 11.7. The molecule has 3 aromatic rings. The van der Waals surface area contributed by atoms with Crippen LogP contribution in [-0.4, -0.2) is 41.8 Å². The van der Waals surface area contributed by atoms with Crippen molar-refractivity contribution in [1.82, 2.24) is 15.5 Å². The predicted molar refractivity (Wildman–Crippen MR) is 136 cm³/mol. The summed E-state index contributed by atoms with van der Waals surface area (Å²) in [5, 5.41) is 6.51. The number of rotatable bonds is 7. The first-order valence-corrected chi connectivity index (χ1v) is 12.1. The zero-order valence-electron chi connectivity index (χ0n) is 19.3. The number of likely N-dealkylation sites (tertiary alicyclic amines) is 1. The van der Waals surface area contributed by atoms with Crippen molar-refractivity contribution >= 4 is 29.3 Å². The molecule has 0 bridgehead atoms. The van der Waals surface area contributed by atoms with E-state index in [0.29, 0.717) is 48.6 Å². The molecule has 35 heavy (non-hydrogen) atoms. The summed E-state index contributed by atoms with van der Waals surface area (Å²) in [7, 11) is 0. The summed E-state index contributed by atoms with van der Waals surface area (Å²) in [6.45, 7) is 1.40. The third-order valence-corrected chi connectivity index (χ3v) is 6.56. The van der Waals surface area contributed by atoms with Gasteiger partial charge in [-0.05, 0) is 60.7 Å². The highest BCUT2D eigenvalue weighted by Gasteiger charge is 2.34. The first-order valence-electron chi connectivity index (χ1n) is 11.7. The SMILES string of the molecule is O=C(NC(C(=O)NCc1ccccc1)C1CCN(C(=O)c2ccc(Cl)cc2)CC1)c1ccccc1. The van der Waals surface area contributed by atoms with Crippen LogP contribution in [0.4, 0.5) is 0 Å². The van der Waals surface area contributed by atoms with Gasteiger partial charge in [-0.25, -0.2) is 0 Å². The Labute approximate surface area is 210 Å². The molecule has 0 spiro atoms. The van der Waals surface area contributed by atoms with Crippen molar-refractivity contribution in [2.75, 3.05) is 13.1 Å². The lowest BCUT2D eigenvalue weighted by Gasteiger charge is -2.36. The highest BCUT2D eigenvalue weighted by atomic mass is 35.5. The molecule has 180 valence electrons. The highest BCUT2D eigenvalue weighted by Crippen LogP contribution is 2.23. The van der Waals surface area contributed by atoms with Crippen LogP contribution in [0.1, 0.15) is 39.1 Å². The van der Waals surface area contributed by atoms with E-state index in [1.165, 1.54) is 0 Å². The summed E-state index contributed by atoms with van der Waals surface area (Å²) in [5.74, 6) is -0.656. The van der Waals surface area contributed by atoms with E-state index in [-0.39, 0.29) is 23.6 Å². The molecule has 1 unspecified atom stereocenters. The van der Waals surface area contributed by atoms with Gasteiger partial charge in [-0.1, -0.05) is 60.1 Å². The van der Waals surface area contributed by atoms with Gasteiger partial charge in [0.1, 0.15) is 6.04 Å². The van der Waals surface area contributed by atoms with Crippen LogP contribution in [0.5, 0.6) is 0 Å². The fourth-order valence-corrected chi connectivity index (χ4v) is 4.44. The van der Waals surface area contributed by atoms with Gasteiger partial charge in [0, 0.05) is 35.8 Å². The van der Waals surface area contributed by atoms with E-state index in [0.717, 1.165) is 5.56 Å². The molecular weight excluding hydrogens is 462 g/mol. The zero-order chi connectivity index (χ0) is 24.6. The van der Waals surface area contributed by atoms with Gasteiger partial charge in [0.2, 0.25) is 5.91 Å². The topological polar surface area (TPSA) is 78.5 Å². The lowest BCUT2D eigenvalue weighted by molar-refractivity contribution is -0.124. The molecule has 0 saturated carbocycles. The Morgan fingerprint density at radius 2 is 1.43 bits per heavy atom. The minimum atomic E-state index is -0.695. The van der Waals surface area contributed by atoms with Gasteiger partial charge in [0.05, 0.1) is 0 Å². The van der Waals surface area contributed by atoms with Crippen LogP contribution in [0.3, 0.4) is 0 Å². The number of carbonyl (C=O) groups is 3. The first-order chi connectivity index (χ1) is 17.0. The average molecular weight is 490 g/mol. The molecule has 4 rings (SSSR count). The van der Waals surface area contributed by atoms with Crippen LogP contribution >= 0.6 is 11.6 Å². The summed E-state index contributed by atoms with van der Waals surface area (Å²) in [6.07, 6.45) is 1.22. The standard InChI is InChI=1S/C28H28ClN3O3/c29-24-13-11-23(12-14-24)28(35)32-17-15-21(16-18-32)25(31-26(33)22-9-5-2-6-10-22)27(34)30-19-20-7-3-1-4-8-20/h1-14,21,25H,15-19H2,(H,30,34)(H,31,33). The normalized spacial score (nSPS) is 14.7. The van der Waals surface area contributed by atoms with E-state index in [1.807, 2.05) is 36.4 Å². The van der Waals surface area contributed by atoms with Gasteiger partial charge in [0.25, 0.3) is 11.8 Å². The quantitative estimate of drug-likeness (QED) is 0.519. The molecule has 1 saturated heterocycles. The van der Waals surface area contributed by atoms with Crippen molar-refractivity contribution in [3.05, 3.63) is 107 Å². The first kappa shape index (κ1) is 24.5. The minimum Gasteiger partial charge on any atom is -0.350 e. The molecule has 1 aliphatic rings. The maximum absolute atomic E-state index is 13.2.